The Morgan fingerprint density at radius 2 is 2.29 bits per heavy atom. The molecule has 2 rings (SSSR count). The van der Waals surface area contributed by atoms with Crippen LogP contribution in [0.5, 0.6) is 0 Å². The number of nitrogens with zero attached hydrogens (tertiary/aromatic N) is 3. The van der Waals surface area contributed by atoms with E-state index in [1.165, 1.54) is 0 Å². The van der Waals surface area contributed by atoms with Crippen LogP contribution in [0.4, 0.5) is 5.82 Å². The Hall–Kier alpha value is -2.44. The topological polar surface area (TPSA) is 90.1 Å². The Morgan fingerprint density at radius 3 is 2.95 bits per heavy atom. The summed E-state index contributed by atoms with van der Waals surface area (Å²) in [5.74, 6) is 1.24. The summed E-state index contributed by atoms with van der Waals surface area (Å²) in [6, 6.07) is 3.38. The quantitative estimate of drug-likeness (QED) is 0.813. The molecule has 0 unspecified atom stereocenters. The minimum atomic E-state index is -0.394. The van der Waals surface area contributed by atoms with Crippen LogP contribution in [0.3, 0.4) is 0 Å². The molecule has 0 spiro atoms. The van der Waals surface area contributed by atoms with E-state index < -0.39 is 5.97 Å². The first-order valence-corrected chi connectivity index (χ1v) is 6.75. The van der Waals surface area contributed by atoms with Crippen molar-refractivity contribution in [2.75, 3.05) is 11.9 Å². The second kappa shape index (κ2) is 6.83. The van der Waals surface area contributed by atoms with Crippen LogP contribution in [0.25, 0.3) is 0 Å². The van der Waals surface area contributed by atoms with E-state index in [1.54, 1.807) is 39.1 Å². The molecule has 21 heavy (non-hydrogen) atoms. The van der Waals surface area contributed by atoms with E-state index in [9.17, 15) is 4.79 Å². The molecule has 0 radical (unpaired) electrons. The molecule has 0 bridgehead atoms. The van der Waals surface area contributed by atoms with Crippen LogP contribution in [0.15, 0.2) is 22.9 Å². The van der Waals surface area contributed by atoms with Gasteiger partial charge in [-0.1, -0.05) is 5.16 Å². The van der Waals surface area contributed by atoms with Crippen molar-refractivity contribution in [3.8, 4) is 0 Å². The van der Waals surface area contributed by atoms with E-state index in [0.717, 1.165) is 0 Å². The van der Waals surface area contributed by atoms with Gasteiger partial charge in [-0.05, 0) is 32.9 Å². The van der Waals surface area contributed by atoms with Gasteiger partial charge < -0.3 is 14.6 Å². The van der Waals surface area contributed by atoms with E-state index in [2.05, 4.69) is 20.4 Å². The summed E-state index contributed by atoms with van der Waals surface area (Å²) in [6.45, 7) is 5.90. The first-order valence-electron chi connectivity index (χ1n) is 6.75. The predicted molar refractivity (Wildman–Crippen MR) is 76.0 cm³/mol. The van der Waals surface area contributed by atoms with Crippen molar-refractivity contribution in [3.05, 3.63) is 35.6 Å². The lowest BCUT2D eigenvalue weighted by molar-refractivity contribution is 0.0378. The summed E-state index contributed by atoms with van der Waals surface area (Å²) in [4.78, 5) is 20.2. The van der Waals surface area contributed by atoms with Crippen LogP contribution in [-0.2, 0) is 11.2 Å². The van der Waals surface area contributed by atoms with Crippen molar-refractivity contribution in [2.24, 2.45) is 0 Å². The van der Waals surface area contributed by atoms with Gasteiger partial charge in [-0.25, -0.2) is 9.78 Å². The molecule has 112 valence electrons. The summed E-state index contributed by atoms with van der Waals surface area (Å²) in [6.07, 6.45) is 1.99. The van der Waals surface area contributed by atoms with Gasteiger partial charge in [0.1, 0.15) is 11.4 Å². The lowest BCUT2D eigenvalue weighted by atomic mass is 10.2. The number of aryl methyl sites for hydroxylation is 1. The Labute approximate surface area is 122 Å². The molecule has 0 saturated carbocycles. The fourth-order valence-electron chi connectivity index (χ4n) is 1.72. The Bertz CT molecular complexity index is 610. The van der Waals surface area contributed by atoms with Crippen LogP contribution < -0.4 is 5.32 Å². The smallest absolute Gasteiger partial charge is 0.342 e. The number of rotatable bonds is 6. The van der Waals surface area contributed by atoms with Crippen molar-refractivity contribution < 1.29 is 14.1 Å². The van der Waals surface area contributed by atoms with E-state index in [0.29, 0.717) is 36.1 Å². The highest BCUT2D eigenvalue weighted by Gasteiger charge is 2.15. The highest BCUT2D eigenvalue weighted by Crippen LogP contribution is 2.14. The number of hydrogen-bond donors (Lipinski definition) is 1. The highest BCUT2D eigenvalue weighted by atomic mass is 16.5. The van der Waals surface area contributed by atoms with Gasteiger partial charge in [-0.3, -0.25) is 0 Å². The molecule has 2 aromatic rings. The summed E-state index contributed by atoms with van der Waals surface area (Å²) in [5, 5.41) is 6.80. The van der Waals surface area contributed by atoms with Gasteiger partial charge in [0.15, 0.2) is 5.82 Å². The molecule has 0 amide bonds. The minimum Gasteiger partial charge on any atom is -0.459 e. The second-order valence-corrected chi connectivity index (χ2v) is 4.77. The predicted octanol–water partition coefficient (Wildman–Crippen LogP) is 1.99. The van der Waals surface area contributed by atoms with Crippen LogP contribution >= 0.6 is 0 Å². The van der Waals surface area contributed by atoms with E-state index >= 15 is 0 Å². The largest absolute Gasteiger partial charge is 0.459 e. The van der Waals surface area contributed by atoms with E-state index in [-0.39, 0.29) is 6.10 Å². The van der Waals surface area contributed by atoms with Crippen molar-refractivity contribution >= 4 is 11.8 Å². The van der Waals surface area contributed by atoms with E-state index in [4.69, 9.17) is 9.26 Å². The molecule has 0 aliphatic rings. The van der Waals surface area contributed by atoms with Crippen molar-refractivity contribution in [3.63, 3.8) is 0 Å². The van der Waals surface area contributed by atoms with Crippen LogP contribution in [0, 0.1) is 6.92 Å². The maximum absolute atomic E-state index is 12.0. The van der Waals surface area contributed by atoms with Crippen molar-refractivity contribution in [1.82, 2.24) is 15.1 Å². The molecule has 1 N–H and O–H groups in total. The molecular formula is C14H18N4O3. The van der Waals surface area contributed by atoms with Gasteiger partial charge in [0.25, 0.3) is 0 Å². The average Bonchev–Trinajstić information content (AvgIpc) is 2.84. The molecule has 0 aliphatic carbocycles. The first-order chi connectivity index (χ1) is 10.1. The van der Waals surface area contributed by atoms with Gasteiger partial charge in [0, 0.05) is 19.2 Å². The third-order valence-electron chi connectivity index (χ3n) is 2.57. The number of carbonyl (C=O) groups is 1. The maximum Gasteiger partial charge on any atom is 0.342 e. The summed E-state index contributed by atoms with van der Waals surface area (Å²) in [5.41, 5.74) is 0.410. The third kappa shape index (κ3) is 4.27. The monoisotopic (exact) mass is 290 g/mol. The summed E-state index contributed by atoms with van der Waals surface area (Å²) < 4.78 is 10.2. The van der Waals surface area contributed by atoms with Crippen molar-refractivity contribution in [2.45, 2.75) is 33.3 Å². The van der Waals surface area contributed by atoms with Crippen LogP contribution in [-0.4, -0.2) is 33.7 Å². The number of nitrogens with one attached hydrogen (secondary N) is 1. The molecule has 7 nitrogen and oxygen atoms in total. The normalized spacial score (nSPS) is 10.7. The molecule has 2 heterocycles. The minimum absolute atomic E-state index is 0.174. The third-order valence-corrected chi connectivity index (χ3v) is 2.57. The van der Waals surface area contributed by atoms with Gasteiger partial charge >= 0.3 is 5.97 Å². The molecule has 0 aromatic carbocycles. The number of aromatic nitrogens is 3. The van der Waals surface area contributed by atoms with Crippen LogP contribution in [0.1, 0.15) is 35.9 Å². The van der Waals surface area contributed by atoms with Gasteiger partial charge in [-0.15, -0.1) is 0 Å². The lowest BCUT2D eigenvalue weighted by Gasteiger charge is -2.11. The molecule has 7 heteroatoms. The fraction of sp³-hybridized carbons (Fsp3) is 0.429. The van der Waals surface area contributed by atoms with E-state index in [1.807, 2.05) is 0 Å². The standard InChI is InChI=1S/C14H18N4O3/c1-9(2)20-14(19)11-5-4-7-15-13(11)16-8-6-12-17-10(3)18-21-12/h4-5,7,9H,6,8H2,1-3H3,(H,15,16). The number of anilines is 1. The zero-order valence-corrected chi connectivity index (χ0v) is 12.3. The second-order valence-electron chi connectivity index (χ2n) is 4.77. The number of hydrogen-bond acceptors (Lipinski definition) is 7. The van der Waals surface area contributed by atoms with Gasteiger partial charge in [0.05, 0.1) is 6.10 Å². The molecule has 0 saturated heterocycles. The average molecular weight is 290 g/mol. The number of carbonyl (C=O) groups excluding carboxylic acids is 1. The Morgan fingerprint density at radius 1 is 1.48 bits per heavy atom. The number of pyridine rings is 1. The number of ether oxygens (including phenoxy) is 1. The first kappa shape index (κ1) is 15.0. The molecule has 2 aromatic heterocycles. The number of esters is 1. The zero-order valence-electron chi connectivity index (χ0n) is 12.3. The lowest BCUT2D eigenvalue weighted by Crippen LogP contribution is -2.16. The fourth-order valence-corrected chi connectivity index (χ4v) is 1.72. The van der Waals surface area contributed by atoms with Gasteiger partial charge in [-0.2, -0.15) is 4.98 Å². The summed E-state index contributed by atoms with van der Waals surface area (Å²) in [7, 11) is 0. The Balaban J connectivity index is 1.98. The molecular weight excluding hydrogens is 272 g/mol. The van der Waals surface area contributed by atoms with Gasteiger partial charge in [0.2, 0.25) is 5.89 Å². The zero-order chi connectivity index (χ0) is 15.2. The molecule has 0 atom stereocenters. The Kier molecular flexibility index (Phi) is 4.86. The van der Waals surface area contributed by atoms with Crippen LogP contribution in [0.2, 0.25) is 0 Å². The SMILES string of the molecule is Cc1noc(CCNc2ncccc2C(=O)OC(C)C)n1. The van der Waals surface area contributed by atoms with Crippen molar-refractivity contribution in [1.29, 1.82) is 0 Å². The molecule has 0 aliphatic heterocycles. The maximum atomic E-state index is 12.0. The molecule has 0 fully saturated rings. The highest BCUT2D eigenvalue weighted by molar-refractivity contribution is 5.94. The summed E-state index contributed by atoms with van der Waals surface area (Å²) >= 11 is 0.